The van der Waals surface area contributed by atoms with E-state index in [-0.39, 0.29) is 12.4 Å². The van der Waals surface area contributed by atoms with E-state index in [9.17, 15) is 5.21 Å². The fourth-order valence-corrected chi connectivity index (χ4v) is 3.00. The second kappa shape index (κ2) is 6.18. The van der Waals surface area contributed by atoms with E-state index < -0.39 is 0 Å². The summed E-state index contributed by atoms with van der Waals surface area (Å²) in [5.41, 5.74) is 2.88. The minimum Gasteiger partial charge on any atom is -0.496 e. The lowest BCUT2D eigenvalue weighted by Gasteiger charge is -2.42. The van der Waals surface area contributed by atoms with Gasteiger partial charge in [0.15, 0.2) is 0 Å². The van der Waals surface area contributed by atoms with Gasteiger partial charge in [0.05, 0.1) is 12.8 Å². The zero-order valence-electron chi connectivity index (χ0n) is 11.5. The summed E-state index contributed by atoms with van der Waals surface area (Å²) < 4.78 is 5.37. The van der Waals surface area contributed by atoms with Gasteiger partial charge in [-0.3, -0.25) is 0 Å². The van der Waals surface area contributed by atoms with Crippen LogP contribution in [0, 0.1) is 5.92 Å². The summed E-state index contributed by atoms with van der Waals surface area (Å²) in [7, 11) is 1.67. The molecule has 3 aliphatic heterocycles. The van der Waals surface area contributed by atoms with E-state index in [2.05, 4.69) is 16.1 Å². The van der Waals surface area contributed by atoms with Crippen LogP contribution < -0.4 is 4.74 Å². The maximum atomic E-state index is 9.28. The Labute approximate surface area is 125 Å². The second-order valence-corrected chi connectivity index (χ2v) is 5.02. The van der Waals surface area contributed by atoms with Crippen LogP contribution in [-0.2, 0) is 0 Å². The molecule has 0 spiro atoms. The van der Waals surface area contributed by atoms with Crippen LogP contribution in [0.3, 0.4) is 0 Å². The van der Waals surface area contributed by atoms with Gasteiger partial charge in [-0.25, -0.2) is 0 Å². The topological polar surface area (TPSA) is 45.1 Å². The average Bonchev–Trinajstić information content (AvgIpc) is 2.49. The highest BCUT2D eigenvalue weighted by Gasteiger charge is 2.35. The van der Waals surface area contributed by atoms with Crippen molar-refractivity contribution >= 4 is 24.2 Å². The Morgan fingerprint density at radius 2 is 2.00 bits per heavy atom. The number of allylic oxidation sites excluding steroid dienone is 1. The van der Waals surface area contributed by atoms with E-state index >= 15 is 0 Å². The van der Waals surface area contributed by atoms with Gasteiger partial charge in [-0.05, 0) is 25.0 Å². The fourth-order valence-electron chi connectivity index (χ4n) is 3.00. The highest BCUT2D eigenvalue weighted by atomic mass is 35.5. The van der Waals surface area contributed by atoms with Crippen molar-refractivity contribution in [2.75, 3.05) is 20.2 Å². The molecule has 3 aliphatic rings. The Balaban J connectivity index is 0.00000147. The van der Waals surface area contributed by atoms with Gasteiger partial charge in [0.25, 0.3) is 0 Å². The number of hydrogen-bond donors (Lipinski definition) is 1. The number of benzene rings is 1. The van der Waals surface area contributed by atoms with Crippen LogP contribution in [0.4, 0.5) is 0 Å². The zero-order valence-corrected chi connectivity index (χ0v) is 12.3. The molecule has 0 atom stereocenters. The van der Waals surface area contributed by atoms with Crippen LogP contribution in [0.2, 0.25) is 0 Å². The van der Waals surface area contributed by atoms with Crippen LogP contribution in [0.1, 0.15) is 18.4 Å². The summed E-state index contributed by atoms with van der Waals surface area (Å²) in [4.78, 5) is 2.29. The molecular weight excluding hydrogens is 276 g/mol. The Morgan fingerprint density at radius 3 is 2.65 bits per heavy atom. The number of halogens is 1. The first kappa shape index (κ1) is 14.7. The molecule has 0 saturated carbocycles. The first-order valence-corrected chi connectivity index (χ1v) is 6.65. The molecule has 0 amide bonds. The maximum Gasteiger partial charge on any atom is 0.126 e. The molecule has 3 saturated heterocycles. The SMILES string of the molecule is COc1ccccc1C=C1C(=NO)C2CCN1CC2.Cl. The molecule has 0 radical (unpaired) electrons. The molecule has 3 fully saturated rings. The summed E-state index contributed by atoms with van der Waals surface area (Å²) in [6.07, 6.45) is 4.24. The molecular formula is C15H19ClN2O2. The van der Waals surface area contributed by atoms with Gasteiger partial charge in [0.1, 0.15) is 11.5 Å². The minimum atomic E-state index is 0. The molecule has 4 nitrogen and oxygen atoms in total. The zero-order chi connectivity index (χ0) is 13.2. The Kier molecular flexibility index (Phi) is 4.55. The number of fused-ring (bicyclic) bond motifs is 3. The molecule has 3 heterocycles. The maximum absolute atomic E-state index is 9.28. The monoisotopic (exact) mass is 294 g/mol. The average molecular weight is 295 g/mol. The lowest BCUT2D eigenvalue weighted by molar-refractivity contribution is 0.229. The van der Waals surface area contributed by atoms with Crippen molar-refractivity contribution in [3.8, 4) is 5.75 Å². The second-order valence-electron chi connectivity index (χ2n) is 5.02. The summed E-state index contributed by atoms with van der Waals surface area (Å²) in [6.45, 7) is 2.09. The number of nitrogens with zero attached hydrogens (tertiary/aromatic N) is 2. The van der Waals surface area contributed by atoms with Crippen LogP contribution in [-0.4, -0.2) is 36.0 Å². The highest BCUT2D eigenvalue weighted by Crippen LogP contribution is 2.34. The highest BCUT2D eigenvalue weighted by molar-refractivity contribution is 6.05. The van der Waals surface area contributed by atoms with E-state index in [1.54, 1.807) is 7.11 Å². The van der Waals surface area contributed by atoms with E-state index in [0.29, 0.717) is 5.92 Å². The van der Waals surface area contributed by atoms with Crippen molar-refractivity contribution in [3.63, 3.8) is 0 Å². The molecule has 0 unspecified atom stereocenters. The Hall–Kier alpha value is -1.68. The molecule has 4 rings (SSSR count). The number of methoxy groups -OCH3 is 1. The quantitative estimate of drug-likeness (QED) is 0.674. The lowest BCUT2D eigenvalue weighted by Crippen LogP contribution is -2.46. The molecule has 1 aromatic carbocycles. The predicted octanol–water partition coefficient (Wildman–Crippen LogP) is 3.01. The minimum absolute atomic E-state index is 0. The van der Waals surface area contributed by atoms with Crippen molar-refractivity contribution in [2.45, 2.75) is 12.8 Å². The smallest absolute Gasteiger partial charge is 0.126 e. The van der Waals surface area contributed by atoms with Crippen LogP contribution >= 0.6 is 12.4 Å². The van der Waals surface area contributed by atoms with Crippen molar-refractivity contribution in [2.24, 2.45) is 11.1 Å². The molecule has 1 aromatic rings. The van der Waals surface area contributed by atoms with Gasteiger partial charge in [0, 0.05) is 24.6 Å². The normalized spacial score (nSPS) is 22.1. The van der Waals surface area contributed by atoms with Gasteiger partial charge < -0.3 is 14.8 Å². The van der Waals surface area contributed by atoms with Crippen molar-refractivity contribution in [1.29, 1.82) is 0 Å². The number of para-hydroxylation sites is 1. The van der Waals surface area contributed by atoms with Crippen LogP contribution in [0.25, 0.3) is 6.08 Å². The molecule has 0 aromatic heterocycles. The van der Waals surface area contributed by atoms with Gasteiger partial charge in [-0.15, -0.1) is 12.4 Å². The number of piperidine rings is 3. The lowest BCUT2D eigenvalue weighted by atomic mass is 9.83. The standard InChI is InChI=1S/C15H18N2O2.ClH/c1-19-14-5-3-2-4-12(14)10-13-15(16-18)11-6-8-17(13)9-7-11;/h2-5,10-11,18H,6-9H2,1H3;1H. The molecule has 2 bridgehead atoms. The number of rotatable bonds is 2. The van der Waals surface area contributed by atoms with Gasteiger partial charge in [0.2, 0.25) is 0 Å². The first-order valence-electron chi connectivity index (χ1n) is 6.65. The molecule has 0 aliphatic carbocycles. The molecule has 20 heavy (non-hydrogen) atoms. The number of ether oxygens (including phenoxy) is 1. The Bertz CT molecular complexity index is 534. The third-order valence-electron chi connectivity index (χ3n) is 4.02. The first-order chi connectivity index (χ1) is 9.33. The molecule has 1 N–H and O–H groups in total. The number of hydrogen-bond acceptors (Lipinski definition) is 4. The molecule has 108 valence electrons. The fraction of sp³-hybridized carbons (Fsp3) is 0.400. The molecule has 5 heteroatoms. The van der Waals surface area contributed by atoms with Crippen molar-refractivity contribution in [1.82, 2.24) is 4.90 Å². The van der Waals surface area contributed by atoms with E-state index in [1.807, 2.05) is 24.3 Å². The van der Waals surface area contributed by atoms with E-state index in [0.717, 1.165) is 48.7 Å². The summed E-state index contributed by atoms with van der Waals surface area (Å²) in [6, 6.07) is 7.90. The number of oxime groups is 1. The largest absolute Gasteiger partial charge is 0.496 e. The third-order valence-corrected chi connectivity index (χ3v) is 4.02. The summed E-state index contributed by atoms with van der Waals surface area (Å²) in [5, 5.41) is 12.8. The van der Waals surface area contributed by atoms with Crippen LogP contribution in [0.5, 0.6) is 5.75 Å². The van der Waals surface area contributed by atoms with Gasteiger partial charge >= 0.3 is 0 Å². The summed E-state index contributed by atoms with van der Waals surface area (Å²) in [5.74, 6) is 1.24. The van der Waals surface area contributed by atoms with Gasteiger partial charge in [-0.1, -0.05) is 23.4 Å². The Morgan fingerprint density at radius 1 is 1.30 bits per heavy atom. The predicted molar refractivity (Wildman–Crippen MR) is 81.7 cm³/mol. The van der Waals surface area contributed by atoms with Crippen molar-refractivity contribution < 1.29 is 9.94 Å². The summed E-state index contributed by atoms with van der Waals surface area (Å²) >= 11 is 0. The van der Waals surface area contributed by atoms with Gasteiger partial charge in [-0.2, -0.15) is 0 Å². The van der Waals surface area contributed by atoms with Crippen molar-refractivity contribution in [3.05, 3.63) is 35.5 Å². The van der Waals surface area contributed by atoms with E-state index in [1.165, 1.54) is 0 Å². The third kappa shape index (κ3) is 2.48. The van der Waals surface area contributed by atoms with Crippen LogP contribution in [0.15, 0.2) is 35.1 Å². The van der Waals surface area contributed by atoms with E-state index in [4.69, 9.17) is 4.74 Å².